The molecule has 1 saturated heterocycles. The summed E-state index contributed by atoms with van der Waals surface area (Å²) >= 11 is 1.44. The average Bonchev–Trinajstić information content (AvgIpc) is 3.41. The largest absolute Gasteiger partial charge is 0.444 e. The minimum atomic E-state index is -0.569. The van der Waals surface area contributed by atoms with E-state index in [0.29, 0.717) is 31.2 Å². The molecule has 1 aliphatic rings. The van der Waals surface area contributed by atoms with E-state index in [-0.39, 0.29) is 18.0 Å². The first-order chi connectivity index (χ1) is 15.7. The van der Waals surface area contributed by atoms with Gasteiger partial charge in [-0.15, -0.1) is 11.3 Å². The number of nitrogens with zero attached hydrogens (tertiary/aromatic N) is 4. The number of pyridine rings is 1. The van der Waals surface area contributed by atoms with Crippen molar-refractivity contribution in [2.75, 3.05) is 18.4 Å². The number of alkyl carbamates (subject to hydrolysis) is 1. The molecule has 2 unspecified atom stereocenters. The molecule has 4 heterocycles. The third-order valence-corrected chi connectivity index (χ3v) is 6.14. The van der Waals surface area contributed by atoms with Gasteiger partial charge < -0.3 is 20.3 Å². The first-order valence-electron chi connectivity index (χ1n) is 10.9. The fraction of sp³-hybridized carbons (Fsp3) is 0.435. The zero-order chi connectivity index (χ0) is 23.6. The molecule has 0 spiro atoms. The molecule has 1 aliphatic heterocycles. The number of fused-ring (bicyclic) bond motifs is 1. The molecule has 0 radical (unpaired) electrons. The van der Waals surface area contributed by atoms with Crippen LogP contribution in [0.4, 0.5) is 10.7 Å². The fourth-order valence-electron chi connectivity index (χ4n) is 3.67. The van der Waals surface area contributed by atoms with Gasteiger partial charge in [0.25, 0.3) is 5.91 Å². The lowest BCUT2D eigenvalue weighted by Gasteiger charge is -2.22. The lowest BCUT2D eigenvalue weighted by molar-refractivity contribution is 0.0502. The second-order valence-corrected chi connectivity index (χ2v) is 9.98. The molecule has 0 bridgehead atoms. The van der Waals surface area contributed by atoms with Gasteiger partial charge in [0, 0.05) is 25.5 Å². The maximum absolute atomic E-state index is 13.4. The van der Waals surface area contributed by atoms with Crippen molar-refractivity contribution >= 4 is 39.5 Å². The number of anilines is 1. The van der Waals surface area contributed by atoms with Crippen molar-refractivity contribution in [1.82, 2.24) is 25.2 Å². The van der Waals surface area contributed by atoms with E-state index in [1.807, 2.05) is 51.3 Å². The molecule has 174 valence electrons. The minimum absolute atomic E-state index is 0.0769. The Labute approximate surface area is 196 Å². The van der Waals surface area contributed by atoms with Crippen LogP contribution in [0.5, 0.6) is 0 Å². The van der Waals surface area contributed by atoms with Crippen LogP contribution >= 0.6 is 11.3 Å². The molecule has 1 fully saturated rings. The SMILES string of the molecule is CC(Nc1nc(C(=O)N2CCC(NC(=O)OC(C)(C)C)C2)c2sccc2n1)c1cccnc1. The normalized spacial score (nSPS) is 17.1. The first-order valence-corrected chi connectivity index (χ1v) is 11.8. The second-order valence-electron chi connectivity index (χ2n) is 9.07. The number of amides is 2. The Hall–Kier alpha value is -3.27. The van der Waals surface area contributed by atoms with Crippen LogP contribution in [0.15, 0.2) is 36.0 Å². The molecule has 0 saturated carbocycles. The highest BCUT2D eigenvalue weighted by molar-refractivity contribution is 7.17. The molecule has 33 heavy (non-hydrogen) atoms. The zero-order valence-electron chi connectivity index (χ0n) is 19.2. The van der Waals surface area contributed by atoms with Gasteiger partial charge in [-0.2, -0.15) is 0 Å². The maximum atomic E-state index is 13.4. The second kappa shape index (κ2) is 9.30. The van der Waals surface area contributed by atoms with E-state index >= 15 is 0 Å². The Balaban J connectivity index is 1.49. The third kappa shape index (κ3) is 5.57. The number of aromatic nitrogens is 3. The summed E-state index contributed by atoms with van der Waals surface area (Å²) in [5.41, 5.74) is 1.52. The Bertz CT molecular complexity index is 1140. The maximum Gasteiger partial charge on any atom is 0.407 e. The van der Waals surface area contributed by atoms with Crippen LogP contribution < -0.4 is 10.6 Å². The number of ether oxygens (including phenoxy) is 1. The predicted octanol–water partition coefficient (Wildman–Crippen LogP) is 4.00. The number of carbonyl (C=O) groups is 2. The average molecular weight is 469 g/mol. The van der Waals surface area contributed by atoms with Crippen LogP contribution in [-0.4, -0.2) is 56.6 Å². The van der Waals surface area contributed by atoms with Gasteiger partial charge in [-0.3, -0.25) is 9.78 Å². The number of hydrogen-bond donors (Lipinski definition) is 2. The van der Waals surface area contributed by atoms with Gasteiger partial charge in [0.15, 0.2) is 5.69 Å². The van der Waals surface area contributed by atoms with Gasteiger partial charge in [0.1, 0.15) is 5.60 Å². The van der Waals surface area contributed by atoms with Crippen LogP contribution in [0.2, 0.25) is 0 Å². The highest BCUT2D eigenvalue weighted by atomic mass is 32.1. The summed E-state index contributed by atoms with van der Waals surface area (Å²) in [4.78, 5) is 40.5. The van der Waals surface area contributed by atoms with Crippen LogP contribution in [0, 0.1) is 0 Å². The molecule has 3 aromatic rings. The van der Waals surface area contributed by atoms with E-state index < -0.39 is 11.7 Å². The number of hydrogen-bond acceptors (Lipinski definition) is 8. The molecule has 9 nitrogen and oxygen atoms in total. The van der Waals surface area contributed by atoms with Gasteiger partial charge in [-0.25, -0.2) is 14.8 Å². The summed E-state index contributed by atoms with van der Waals surface area (Å²) in [5.74, 6) is 0.221. The standard InChI is InChI=1S/C23H28N6O3S/c1-14(15-6-5-9-24-12-15)25-21-27-17-8-11-33-19(17)18(28-21)20(30)29-10-7-16(13-29)26-22(31)32-23(2,3)4/h5-6,8-9,11-12,14,16H,7,10,13H2,1-4H3,(H,26,31)(H,25,27,28). The van der Waals surface area contributed by atoms with E-state index in [4.69, 9.17) is 4.74 Å². The molecule has 2 amide bonds. The summed E-state index contributed by atoms with van der Waals surface area (Å²) in [6.07, 6.45) is 3.70. The molecule has 3 aromatic heterocycles. The number of thiophene rings is 1. The van der Waals surface area contributed by atoms with Crippen LogP contribution in [-0.2, 0) is 4.74 Å². The van der Waals surface area contributed by atoms with E-state index in [1.54, 1.807) is 17.3 Å². The van der Waals surface area contributed by atoms with Gasteiger partial charge in [0.05, 0.1) is 22.3 Å². The van der Waals surface area contributed by atoms with Gasteiger partial charge in [-0.05, 0) is 57.2 Å². The van der Waals surface area contributed by atoms with E-state index in [1.165, 1.54) is 11.3 Å². The molecule has 2 N–H and O–H groups in total. The molecule has 0 aliphatic carbocycles. The lowest BCUT2D eigenvalue weighted by atomic mass is 10.1. The Kier molecular flexibility index (Phi) is 6.46. The summed E-state index contributed by atoms with van der Waals surface area (Å²) in [6, 6.07) is 5.50. The van der Waals surface area contributed by atoms with E-state index in [0.717, 1.165) is 15.8 Å². The first kappa shape index (κ1) is 22.9. The third-order valence-electron chi connectivity index (χ3n) is 5.23. The van der Waals surface area contributed by atoms with Crippen LogP contribution in [0.3, 0.4) is 0 Å². The minimum Gasteiger partial charge on any atom is -0.444 e. The van der Waals surface area contributed by atoms with Crippen molar-refractivity contribution in [3.63, 3.8) is 0 Å². The molecular formula is C23H28N6O3S. The fourth-order valence-corrected chi connectivity index (χ4v) is 4.48. The Morgan fingerprint density at radius 1 is 1.27 bits per heavy atom. The highest BCUT2D eigenvalue weighted by Crippen LogP contribution is 2.27. The van der Waals surface area contributed by atoms with Crippen molar-refractivity contribution in [2.24, 2.45) is 0 Å². The summed E-state index contributed by atoms with van der Waals surface area (Å²) in [7, 11) is 0. The summed E-state index contributed by atoms with van der Waals surface area (Å²) in [6.45, 7) is 8.39. The van der Waals surface area contributed by atoms with Crippen LogP contribution in [0.25, 0.3) is 10.2 Å². The van der Waals surface area contributed by atoms with E-state index in [9.17, 15) is 9.59 Å². The van der Waals surface area contributed by atoms with Crippen molar-refractivity contribution in [2.45, 2.75) is 51.8 Å². The van der Waals surface area contributed by atoms with Crippen molar-refractivity contribution < 1.29 is 14.3 Å². The van der Waals surface area contributed by atoms with Crippen LogP contribution in [0.1, 0.15) is 56.2 Å². The van der Waals surface area contributed by atoms with Crippen molar-refractivity contribution in [1.29, 1.82) is 0 Å². The van der Waals surface area contributed by atoms with Crippen molar-refractivity contribution in [3.05, 3.63) is 47.2 Å². The molecule has 4 rings (SSSR count). The topological polar surface area (TPSA) is 109 Å². The predicted molar refractivity (Wildman–Crippen MR) is 127 cm³/mol. The molecule has 2 atom stereocenters. The van der Waals surface area contributed by atoms with Gasteiger partial charge in [-0.1, -0.05) is 6.07 Å². The number of likely N-dealkylation sites (tertiary alicyclic amines) is 1. The lowest BCUT2D eigenvalue weighted by Crippen LogP contribution is -2.41. The van der Waals surface area contributed by atoms with Gasteiger partial charge in [0.2, 0.25) is 5.95 Å². The molecular weight excluding hydrogens is 440 g/mol. The number of nitrogens with one attached hydrogen (secondary N) is 2. The van der Waals surface area contributed by atoms with Gasteiger partial charge >= 0.3 is 6.09 Å². The Morgan fingerprint density at radius 3 is 2.82 bits per heavy atom. The molecule has 10 heteroatoms. The summed E-state index contributed by atoms with van der Waals surface area (Å²) in [5, 5.41) is 8.04. The monoisotopic (exact) mass is 468 g/mol. The van der Waals surface area contributed by atoms with E-state index in [2.05, 4.69) is 25.6 Å². The Morgan fingerprint density at radius 2 is 2.09 bits per heavy atom. The smallest absolute Gasteiger partial charge is 0.407 e. The number of rotatable bonds is 5. The summed E-state index contributed by atoms with van der Waals surface area (Å²) < 4.78 is 6.08. The number of carbonyl (C=O) groups excluding carboxylic acids is 2. The highest BCUT2D eigenvalue weighted by Gasteiger charge is 2.31. The quantitative estimate of drug-likeness (QED) is 0.582. The zero-order valence-corrected chi connectivity index (χ0v) is 20.0. The molecule has 0 aromatic carbocycles. The van der Waals surface area contributed by atoms with Crippen molar-refractivity contribution in [3.8, 4) is 0 Å².